The molecule has 0 fully saturated rings. The molecule has 0 bridgehead atoms. The summed E-state index contributed by atoms with van der Waals surface area (Å²) in [5.41, 5.74) is 9.86. The van der Waals surface area contributed by atoms with E-state index in [-0.39, 0.29) is 0 Å². The van der Waals surface area contributed by atoms with E-state index in [2.05, 4.69) is 15.1 Å². The van der Waals surface area contributed by atoms with Gasteiger partial charge in [-0.15, -0.1) is 4.91 Å². The molecule has 4 aromatic rings. The zero-order chi connectivity index (χ0) is 16.1. The number of fused-ring (bicyclic) bond motifs is 2. The molecule has 3 aromatic carbocycles. The van der Waals surface area contributed by atoms with Gasteiger partial charge in [-0.3, -0.25) is 0 Å². The summed E-state index contributed by atoms with van der Waals surface area (Å²) >= 11 is 0. The highest BCUT2D eigenvalue weighted by Gasteiger charge is 1.98. The van der Waals surface area contributed by atoms with Crippen LogP contribution in [0.3, 0.4) is 0 Å². The lowest BCUT2D eigenvalue weighted by molar-refractivity contribution is 1.39. The maximum Gasteiger partial charge on any atom is 0.130 e. The number of aromatic nitrogens is 2. The first-order valence-electron chi connectivity index (χ1n) is 7.07. The maximum atomic E-state index is 9.90. The smallest absolute Gasteiger partial charge is 0.130 e. The molecular formula is C18H14N4O. The minimum atomic E-state index is 0.303. The zero-order valence-electron chi connectivity index (χ0n) is 12.3. The summed E-state index contributed by atoms with van der Waals surface area (Å²) in [6.45, 7) is 0. The second-order valence-corrected chi connectivity index (χ2v) is 4.85. The Morgan fingerprint density at radius 3 is 1.39 bits per heavy atom. The van der Waals surface area contributed by atoms with E-state index in [9.17, 15) is 4.91 Å². The quantitative estimate of drug-likeness (QED) is 0.320. The van der Waals surface area contributed by atoms with Crippen LogP contribution in [-0.2, 0) is 0 Å². The van der Waals surface area contributed by atoms with Gasteiger partial charge in [-0.2, -0.15) is 0 Å². The van der Waals surface area contributed by atoms with Crippen molar-refractivity contribution < 1.29 is 0 Å². The Bertz CT molecular complexity index is 864. The molecule has 0 aliphatic carbocycles. The molecule has 0 amide bonds. The Balaban J connectivity index is 0.000000151. The van der Waals surface area contributed by atoms with Crippen molar-refractivity contribution in [1.29, 1.82) is 0 Å². The number of nitroso groups, excluding NO2 is 1. The molecule has 0 saturated carbocycles. The molecule has 5 nitrogen and oxygen atoms in total. The molecule has 0 saturated heterocycles. The Labute approximate surface area is 132 Å². The number of nitrogens with two attached hydrogens (primary N) is 1. The van der Waals surface area contributed by atoms with Gasteiger partial charge in [0, 0.05) is 0 Å². The van der Waals surface area contributed by atoms with E-state index in [0.29, 0.717) is 11.4 Å². The Morgan fingerprint density at radius 1 is 0.652 bits per heavy atom. The summed E-state index contributed by atoms with van der Waals surface area (Å²) in [5, 5.41) is 2.70. The lowest BCUT2D eigenvalue weighted by Gasteiger charge is -1.98. The van der Waals surface area contributed by atoms with Crippen molar-refractivity contribution in [3.05, 3.63) is 77.7 Å². The first-order valence-corrected chi connectivity index (χ1v) is 7.07. The Kier molecular flexibility index (Phi) is 4.20. The Morgan fingerprint density at radius 2 is 1.04 bits per heavy atom. The summed E-state index contributed by atoms with van der Waals surface area (Å²) in [7, 11) is 0. The highest BCUT2D eigenvalue weighted by Crippen LogP contribution is 2.19. The summed E-state index contributed by atoms with van der Waals surface area (Å²) < 4.78 is 0. The molecule has 0 atom stereocenters. The molecule has 0 aliphatic heterocycles. The van der Waals surface area contributed by atoms with E-state index in [1.165, 1.54) is 0 Å². The average molecular weight is 302 g/mol. The maximum absolute atomic E-state index is 9.90. The minimum absolute atomic E-state index is 0.303. The molecule has 112 valence electrons. The number of para-hydroxylation sites is 5. The molecule has 2 N–H and O–H groups in total. The fraction of sp³-hybridized carbons (Fsp3) is 0. The van der Waals surface area contributed by atoms with Crippen LogP contribution < -0.4 is 5.73 Å². The lowest BCUT2D eigenvalue weighted by Crippen LogP contribution is -1.85. The van der Waals surface area contributed by atoms with Crippen molar-refractivity contribution in [3.8, 4) is 0 Å². The Hall–Kier alpha value is -3.34. The lowest BCUT2D eigenvalue weighted by atomic mass is 10.2. The van der Waals surface area contributed by atoms with Gasteiger partial charge in [-0.1, -0.05) is 36.4 Å². The van der Waals surface area contributed by atoms with Gasteiger partial charge in [0.1, 0.15) is 5.69 Å². The summed E-state index contributed by atoms with van der Waals surface area (Å²) in [6, 6.07) is 22.5. The van der Waals surface area contributed by atoms with Crippen LogP contribution >= 0.6 is 0 Å². The van der Waals surface area contributed by atoms with Crippen molar-refractivity contribution >= 4 is 33.4 Å². The zero-order valence-corrected chi connectivity index (χ0v) is 12.3. The average Bonchev–Trinajstić information content (AvgIpc) is 2.61. The highest BCUT2D eigenvalue weighted by molar-refractivity contribution is 5.85. The first kappa shape index (κ1) is 14.6. The largest absolute Gasteiger partial charge is 0.397 e. The van der Waals surface area contributed by atoms with E-state index >= 15 is 0 Å². The van der Waals surface area contributed by atoms with Crippen molar-refractivity contribution in [2.75, 3.05) is 5.73 Å². The third-order valence-electron chi connectivity index (χ3n) is 3.28. The third kappa shape index (κ3) is 3.29. The molecule has 1 aromatic heterocycles. The van der Waals surface area contributed by atoms with Gasteiger partial charge in [0.2, 0.25) is 0 Å². The molecule has 0 aliphatic rings. The van der Waals surface area contributed by atoms with Gasteiger partial charge in [0.25, 0.3) is 0 Å². The van der Waals surface area contributed by atoms with Crippen LogP contribution in [0.15, 0.2) is 78.0 Å². The molecular weight excluding hydrogens is 288 g/mol. The number of rotatable bonds is 1. The second kappa shape index (κ2) is 6.62. The van der Waals surface area contributed by atoms with Gasteiger partial charge in [0.15, 0.2) is 0 Å². The SMILES string of the molecule is Nc1ccccc1N=O.c1ccc2nc3ccccc3nc2c1. The molecule has 0 spiro atoms. The molecule has 0 radical (unpaired) electrons. The van der Waals surface area contributed by atoms with E-state index in [1.807, 2.05) is 48.5 Å². The fourth-order valence-electron chi connectivity index (χ4n) is 2.14. The van der Waals surface area contributed by atoms with E-state index in [1.54, 1.807) is 24.3 Å². The van der Waals surface area contributed by atoms with E-state index in [4.69, 9.17) is 5.73 Å². The first-order chi connectivity index (χ1) is 11.3. The van der Waals surface area contributed by atoms with Crippen molar-refractivity contribution in [3.63, 3.8) is 0 Å². The second-order valence-electron chi connectivity index (χ2n) is 4.85. The molecule has 1 heterocycles. The van der Waals surface area contributed by atoms with Crippen LogP contribution in [0, 0.1) is 4.91 Å². The fourth-order valence-corrected chi connectivity index (χ4v) is 2.14. The van der Waals surface area contributed by atoms with E-state index in [0.717, 1.165) is 22.1 Å². The van der Waals surface area contributed by atoms with Crippen LogP contribution in [0.25, 0.3) is 22.1 Å². The normalized spacial score (nSPS) is 10.1. The number of benzene rings is 3. The highest BCUT2D eigenvalue weighted by atomic mass is 16.3. The molecule has 5 heteroatoms. The molecule has 0 unspecified atom stereocenters. The van der Waals surface area contributed by atoms with Crippen LogP contribution in [-0.4, -0.2) is 9.97 Å². The predicted molar refractivity (Wildman–Crippen MR) is 93.4 cm³/mol. The van der Waals surface area contributed by atoms with Gasteiger partial charge in [-0.25, -0.2) is 9.97 Å². The number of hydrogen-bond acceptors (Lipinski definition) is 5. The number of anilines is 1. The number of nitrogens with zero attached hydrogens (tertiary/aromatic N) is 3. The molecule has 4 rings (SSSR count). The monoisotopic (exact) mass is 302 g/mol. The van der Waals surface area contributed by atoms with Crippen molar-refractivity contribution in [1.82, 2.24) is 9.97 Å². The van der Waals surface area contributed by atoms with Gasteiger partial charge < -0.3 is 5.73 Å². The topological polar surface area (TPSA) is 81.2 Å². The van der Waals surface area contributed by atoms with Gasteiger partial charge in [0.05, 0.1) is 27.8 Å². The summed E-state index contributed by atoms with van der Waals surface area (Å²) in [4.78, 5) is 18.9. The predicted octanol–water partition coefficient (Wildman–Crippen LogP) is 4.45. The van der Waals surface area contributed by atoms with E-state index < -0.39 is 0 Å². The minimum Gasteiger partial charge on any atom is -0.397 e. The molecule has 23 heavy (non-hydrogen) atoms. The van der Waals surface area contributed by atoms with Gasteiger partial charge in [-0.05, 0) is 41.6 Å². The number of hydrogen-bond donors (Lipinski definition) is 1. The van der Waals surface area contributed by atoms with Gasteiger partial charge >= 0.3 is 0 Å². The van der Waals surface area contributed by atoms with Crippen molar-refractivity contribution in [2.45, 2.75) is 0 Å². The standard InChI is InChI=1S/C12H8N2.C6H6N2O/c1-2-6-10-9(5-1)13-11-7-3-4-8-12(11)14-10;7-5-3-1-2-4-6(5)8-9/h1-8H;1-4H,7H2. The van der Waals surface area contributed by atoms with Crippen LogP contribution in [0.2, 0.25) is 0 Å². The number of nitrogen functional groups attached to an aromatic ring is 1. The van der Waals surface area contributed by atoms with Crippen molar-refractivity contribution in [2.24, 2.45) is 5.18 Å². The van der Waals surface area contributed by atoms with Crippen LogP contribution in [0.4, 0.5) is 11.4 Å². The third-order valence-corrected chi connectivity index (χ3v) is 3.28. The van der Waals surface area contributed by atoms with Crippen LogP contribution in [0.5, 0.6) is 0 Å². The summed E-state index contributed by atoms with van der Waals surface area (Å²) in [6.07, 6.45) is 0. The summed E-state index contributed by atoms with van der Waals surface area (Å²) in [5.74, 6) is 0. The van der Waals surface area contributed by atoms with Crippen LogP contribution in [0.1, 0.15) is 0 Å².